The lowest BCUT2D eigenvalue weighted by Crippen LogP contribution is -2.02. The summed E-state index contributed by atoms with van der Waals surface area (Å²) in [6, 6.07) is 20.3. The van der Waals surface area contributed by atoms with Crippen LogP contribution in [0.5, 0.6) is 0 Å². The second kappa shape index (κ2) is 6.58. The van der Waals surface area contributed by atoms with E-state index >= 15 is 0 Å². The second-order valence-corrected chi connectivity index (χ2v) is 8.98. The highest BCUT2D eigenvalue weighted by Crippen LogP contribution is 2.43. The second-order valence-electron chi connectivity index (χ2n) is 8.19. The molecule has 3 aromatic heterocycles. The van der Waals surface area contributed by atoms with Crippen LogP contribution >= 0.6 is 23.2 Å². The molecule has 1 aliphatic carbocycles. The van der Waals surface area contributed by atoms with Gasteiger partial charge in [0.05, 0.1) is 16.8 Å². The summed E-state index contributed by atoms with van der Waals surface area (Å²) in [4.78, 5) is 8.18. The normalized spacial score (nSPS) is 13.1. The van der Waals surface area contributed by atoms with Gasteiger partial charge in [0.25, 0.3) is 0 Å². The maximum Gasteiger partial charge on any atom is 0.173 e. The SMILES string of the molecule is Clc1ccc2[nH]c3c(c2c1)CCc1c-3noc1-c1cc2c(ccc3ccccc32)nc1Cl. The van der Waals surface area contributed by atoms with Gasteiger partial charge in [-0.3, -0.25) is 0 Å². The maximum absolute atomic E-state index is 6.65. The summed E-state index contributed by atoms with van der Waals surface area (Å²) in [5, 5.41) is 10.1. The summed E-state index contributed by atoms with van der Waals surface area (Å²) < 4.78 is 5.90. The van der Waals surface area contributed by atoms with Gasteiger partial charge in [0, 0.05) is 26.9 Å². The topological polar surface area (TPSA) is 54.7 Å². The summed E-state index contributed by atoms with van der Waals surface area (Å²) in [5.41, 5.74) is 6.79. The van der Waals surface area contributed by atoms with Gasteiger partial charge in [-0.2, -0.15) is 0 Å². The van der Waals surface area contributed by atoms with E-state index in [0.717, 1.165) is 73.0 Å². The lowest BCUT2D eigenvalue weighted by Gasteiger charge is -2.12. The van der Waals surface area contributed by atoms with Crippen LogP contribution in [0.3, 0.4) is 0 Å². The van der Waals surface area contributed by atoms with Crippen molar-refractivity contribution in [3.05, 3.63) is 82.0 Å². The molecular weight excluding hydrogens is 441 g/mol. The van der Waals surface area contributed by atoms with E-state index in [1.54, 1.807) is 0 Å². The predicted octanol–water partition coefficient (Wildman–Crippen LogP) is 7.60. The number of fused-ring (bicyclic) bond motifs is 8. The van der Waals surface area contributed by atoms with Crippen molar-refractivity contribution in [2.45, 2.75) is 12.8 Å². The Hall–Kier alpha value is -3.34. The van der Waals surface area contributed by atoms with Crippen LogP contribution in [-0.4, -0.2) is 15.1 Å². The van der Waals surface area contributed by atoms with Crippen LogP contribution in [0.4, 0.5) is 0 Å². The highest BCUT2D eigenvalue weighted by atomic mass is 35.5. The summed E-state index contributed by atoms with van der Waals surface area (Å²) in [6.07, 6.45) is 1.68. The van der Waals surface area contributed by atoms with Crippen molar-refractivity contribution >= 4 is 55.8 Å². The van der Waals surface area contributed by atoms with E-state index in [4.69, 9.17) is 27.7 Å². The molecule has 1 N–H and O–H groups in total. The number of pyridine rings is 1. The minimum absolute atomic E-state index is 0.418. The summed E-state index contributed by atoms with van der Waals surface area (Å²) in [5.74, 6) is 0.690. The Morgan fingerprint density at radius 2 is 1.72 bits per heavy atom. The third-order valence-electron chi connectivity index (χ3n) is 6.44. The monoisotopic (exact) mass is 455 g/mol. The van der Waals surface area contributed by atoms with Crippen molar-refractivity contribution in [1.29, 1.82) is 0 Å². The highest BCUT2D eigenvalue weighted by Gasteiger charge is 2.29. The summed E-state index contributed by atoms with van der Waals surface area (Å²) in [7, 11) is 0. The predicted molar refractivity (Wildman–Crippen MR) is 129 cm³/mol. The Labute approximate surface area is 192 Å². The van der Waals surface area contributed by atoms with Crippen LogP contribution in [0.15, 0.2) is 65.2 Å². The van der Waals surface area contributed by atoms with Gasteiger partial charge in [-0.05, 0) is 59.5 Å². The van der Waals surface area contributed by atoms with Crippen molar-refractivity contribution in [3.8, 4) is 22.7 Å². The van der Waals surface area contributed by atoms with Crippen LogP contribution in [0.25, 0.3) is 55.3 Å². The standard InChI is InChI=1S/C26H15Cl2N3O/c27-14-6-10-21-18(11-14)16-7-8-17-24(23(16)29-21)31-32-25(17)20-12-19-15-4-2-1-3-13(15)5-9-22(19)30-26(20)28/h1-6,9-12,29H,7-8H2. The third-order valence-corrected chi connectivity index (χ3v) is 6.96. The number of hydrogen-bond acceptors (Lipinski definition) is 3. The molecule has 3 heterocycles. The first kappa shape index (κ1) is 18.3. The van der Waals surface area contributed by atoms with E-state index in [2.05, 4.69) is 39.4 Å². The van der Waals surface area contributed by atoms with Gasteiger partial charge in [0.1, 0.15) is 10.8 Å². The van der Waals surface area contributed by atoms with Gasteiger partial charge >= 0.3 is 0 Å². The fourth-order valence-corrected chi connectivity index (χ4v) is 5.35. The number of halogens is 2. The molecule has 7 rings (SSSR count). The van der Waals surface area contributed by atoms with Gasteiger partial charge in [0.2, 0.25) is 0 Å². The van der Waals surface area contributed by atoms with E-state index in [9.17, 15) is 0 Å². The number of nitrogens with zero attached hydrogens (tertiary/aromatic N) is 2. The van der Waals surface area contributed by atoms with Crippen molar-refractivity contribution < 1.29 is 4.52 Å². The Morgan fingerprint density at radius 3 is 2.66 bits per heavy atom. The fraction of sp³-hybridized carbons (Fsp3) is 0.0769. The number of aromatic amines is 1. The first-order valence-corrected chi connectivity index (χ1v) is 11.2. The van der Waals surface area contributed by atoms with Crippen molar-refractivity contribution in [2.75, 3.05) is 0 Å². The Balaban J connectivity index is 1.46. The molecule has 0 atom stereocenters. The van der Waals surface area contributed by atoms with Gasteiger partial charge in [-0.1, -0.05) is 58.7 Å². The number of hydrogen-bond donors (Lipinski definition) is 1. The average Bonchev–Trinajstić information content (AvgIpc) is 3.39. The van der Waals surface area contributed by atoms with Crippen LogP contribution in [-0.2, 0) is 12.8 Å². The van der Waals surface area contributed by atoms with Crippen molar-refractivity contribution in [2.24, 2.45) is 0 Å². The van der Waals surface area contributed by atoms with Crippen LogP contribution in [0.1, 0.15) is 11.1 Å². The first-order chi connectivity index (χ1) is 15.7. The lowest BCUT2D eigenvalue weighted by molar-refractivity contribution is 0.434. The van der Waals surface area contributed by atoms with Gasteiger partial charge < -0.3 is 9.51 Å². The van der Waals surface area contributed by atoms with Crippen LogP contribution < -0.4 is 0 Å². The molecular formula is C26H15Cl2N3O. The number of H-pyrrole nitrogens is 1. The maximum atomic E-state index is 6.65. The summed E-state index contributed by atoms with van der Waals surface area (Å²) >= 11 is 12.9. The quantitative estimate of drug-likeness (QED) is 0.205. The minimum Gasteiger partial charge on any atom is -0.355 e. The number of rotatable bonds is 1. The molecule has 3 aromatic carbocycles. The molecule has 154 valence electrons. The van der Waals surface area contributed by atoms with Gasteiger partial charge in [-0.25, -0.2) is 4.98 Å². The molecule has 0 radical (unpaired) electrons. The zero-order chi connectivity index (χ0) is 21.4. The third kappa shape index (κ3) is 2.51. The van der Waals surface area contributed by atoms with Crippen LogP contribution in [0.2, 0.25) is 10.2 Å². The van der Waals surface area contributed by atoms with E-state index in [-0.39, 0.29) is 0 Å². The molecule has 6 heteroatoms. The molecule has 0 aliphatic heterocycles. The molecule has 4 nitrogen and oxygen atoms in total. The minimum atomic E-state index is 0.418. The highest BCUT2D eigenvalue weighted by molar-refractivity contribution is 6.33. The molecule has 6 aromatic rings. The lowest BCUT2D eigenvalue weighted by atomic mass is 9.91. The number of nitrogens with one attached hydrogen (secondary N) is 1. The van der Waals surface area contributed by atoms with Crippen molar-refractivity contribution in [1.82, 2.24) is 15.1 Å². The Bertz CT molecular complexity index is 1710. The molecule has 1 aliphatic rings. The largest absolute Gasteiger partial charge is 0.355 e. The fourth-order valence-electron chi connectivity index (χ4n) is 4.94. The molecule has 32 heavy (non-hydrogen) atoms. The summed E-state index contributed by atoms with van der Waals surface area (Å²) in [6.45, 7) is 0. The molecule has 0 saturated carbocycles. The number of aryl methyl sites for hydroxylation is 1. The molecule has 0 amide bonds. The molecule has 0 bridgehead atoms. The molecule has 0 saturated heterocycles. The van der Waals surface area contributed by atoms with Gasteiger partial charge in [-0.15, -0.1) is 0 Å². The smallest absolute Gasteiger partial charge is 0.173 e. The van der Waals surface area contributed by atoms with Crippen molar-refractivity contribution in [3.63, 3.8) is 0 Å². The first-order valence-electron chi connectivity index (χ1n) is 10.4. The zero-order valence-electron chi connectivity index (χ0n) is 16.7. The van der Waals surface area contributed by atoms with Gasteiger partial charge in [0.15, 0.2) is 5.76 Å². The van der Waals surface area contributed by atoms with Crippen LogP contribution in [0, 0.1) is 0 Å². The van der Waals surface area contributed by atoms with E-state index in [0.29, 0.717) is 10.9 Å². The number of aromatic nitrogens is 3. The van der Waals surface area contributed by atoms with E-state index < -0.39 is 0 Å². The molecule has 0 fully saturated rings. The van der Waals surface area contributed by atoms with E-state index in [1.165, 1.54) is 5.56 Å². The zero-order valence-corrected chi connectivity index (χ0v) is 18.3. The van der Waals surface area contributed by atoms with E-state index in [1.807, 2.05) is 36.4 Å². The molecule has 0 unspecified atom stereocenters. The Morgan fingerprint density at radius 1 is 0.844 bits per heavy atom. The average molecular weight is 456 g/mol. The molecule has 0 spiro atoms. The Kier molecular flexibility index (Phi) is 3.75. The number of benzene rings is 3.